The highest BCUT2D eigenvalue weighted by Crippen LogP contribution is 2.38. The van der Waals surface area contributed by atoms with Gasteiger partial charge in [-0.3, -0.25) is 0 Å². The van der Waals surface area contributed by atoms with Crippen LogP contribution in [0.15, 0.2) is 59.0 Å². The van der Waals surface area contributed by atoms with Gasteiger partial charge in [0.25, 0.3) is 0 Å². The van der Waals surface area contributed by atoms with Crippen molar-refractivity contribution in [3.63, 3.8) is 0 Å². The molecule has 0 atom stereocenters. The number of rotatable bonds is 1. The lowest BCUT2D eigenvalue weighted by Crippen LogP contribution is -1.89. The molecule has 2 aromatic heterocycles. The van der Waals surface area contributed by atoms with E-state index in [4.69, 9.17) is 4.42 Å². The number of aromatic nitrogens is 1. The summed E-state index contributed by atoms with van der Waals surface area (Å²) in [6, 6.07) is 19.4. The zero-order valence-corrected chi connectivity index (χ0v) is 14.1. The number of furan rings is 1. The molecule has 0 bridgehead atoms. The molecule has 0 radical (unpaired) electrons. The molecule has 24 heavy (non-hydrogen) atoms. The second-order valence-electron chi connectivity index (χ2n) is 6.92. The van der Waals surface area contributed by atoms with Crippen LogP contribution in [0, 0.1) is 0 Å². The van der Waals surface area contributed by atoms with Gasteiger partial charge in [-0.05, 0) is 35.7 Å². The van der Waals surface area contributed by atoms with E-state index >= 15 is 0 Å². The van der Waals surface area contributed by atoms with Gasteiger partial charge in [0.2, 0.25) is 0 Å². The van der Waals surface area contributed by atoms with Gasteiger partial charge in [-0.25, -0.2) is 0 Å². The molecule has 2 nitrogen and oxygen atoms in total. The molecule has 0 N–H and O–H groups in total. The molecule has 0 amide bonds. The molecule has 3 aromatic carbocycles. The summed E-state index contributed by atoms with van der Waals surface area (Å²) in [5.41, 5.74) is 5.87. The van der Waals surface area contributed by atoms with E-state index in [0.29, 0.717) is 5.92 Å². The Bertz CT molecular complexity index is 1240. The molecule has 0 saturated heterocycles. The molecule has 0 unspecified atom stereocenters. The molecule has 2 heterocycles. The second kappa shape index (κ2) is 4.64. The fourth-order valence-electron chi connectivity index (χ4n) is 3.98. The van der Waals surface area contributed by atoms with Crippen LogP contribution in [0.4, 0.5) is 0 Å². The first kappa shape index (κ1) is 13.7. The number of hydrogen-bond acceptors (Lipinski definition) is 1. The third-order valence-corrected chi connectivity index (χ3v) is 5.18. The van der Waals surface area contributed by atoms with Crippen molar-refractivity contribution in [1.82, 2.24) is 4.57 Å². The third-order valence-electron chi connectivity index (χ3n) is 5.18. The van der Waals surface area contributed by atoms with Crippen LogP contribution in [0.25, 0.3) is 43.7 Å². The smallest absolute Gasteiger partial charge is 0.136 e. The Morgan fingerprint density at radius 2 is 1.62 bits per heavy atom. The molecule has 5 rings (SSSR count). The maximum absolute atomic E-state index is 6.11. The lowest BCUT2D eigenvalue weighted by atomic mass is 9.97. The van der Waals surface area contributed by atoms with Crippen molar-refractivity contribution in [2.45, 2.75) is 19.8 Å². The van der Waals surface area contributed by atoms with Crippen molar-refractivity contribution < 1.29 is 4.42 Å². The minimum atomic E-state index is 0.491. The Hall–Kier alpha value is -2.74. The van der Waals surface area contributed by atoms with Gasteiger partial charge in [-0.1, -0.05) is 44.2 Å². The van der Waals surface area contributed by atoms with E-state index in [2.05, 4.69) is 67.9 Å². The number of aryl methyl sites for hydroxylation is 1. The molecule has 0 aliphatic carbocycles. The molecule has 0 spiro atoms. The van der Waals surface area contributed by atoms with E-state index in [9.17, 15) is 0 Å². The van der Waals surface area contributed by atoms with Crippen LogP contribution in [-0.2, 0) is 7.05 Å². The Morgan fingerprint density at radius 3 is 2.46 bits per heavy atom. The SMILES string of the molecule is CC(C)c1cccc2c1c1cc3oc4ccccc4c3cc1n2C. The van der Waals surface area contributed by atoms with Gasteiger partial charge in [-0.2, -0.15) is 0 Å². The van der Waals surface area contributed by atoms with Crippen molar-refractivity contribution in [1.29, 1.82) is 0 Å². The van der Waals surface area contributed by atoms with Gasteiger partial charge in [0.05, 0.1) is 0 Å². The number of para-hydroxylation sites is 1. The molecule has 118 valence electrons. The van der Waals surface area contributed by atoms with Crippen molar-refractivity contribution in [3.8, 4) is 0 Å². The van der Waals surface area contributed by atoms with Gasteiger partial charge in [0.15, 0.2) is 0 Å². The first-order chi connectivity index (χ1) is 11.6. The number of hydrogen-bond donors (Lipinski definition) is 0. The van der Waals surface area contributed by atoms with E-state index in [-0.39, 0.29) is 0 Å². The minimum Gasteiger partial charge on any atom is -0.456 e. The summed E-state index contributed by atoms with van der Waals surface area (Å²) < 4.78 is 8.41. The summed E-state index contributed by atoms with van der Waals surface area (Å²) in [4.78, 5) is 0. The van der Waals surface area contributed by atoms with Gasteiger partial charge in [-0.15, -0.1) is 0 Å². The van der Waals surface area contributed by atoms with Gasteiger partial charge < -0.3 is 8.98 Å². The lowest BCUT2D eigenvalue weighted by Gasteiger charge is -2.07. The van der Waals surface area contributed by atoms with Crippen LogP contribution < -0.4 is 0 Å². The van der Waals surface area contributed by atoms with Crippen LogP contribution in [0.2, 0.25) is 0 Å². The summed E-state index contributed by atoms with van der Waals surface area (Å²) in [5.74, 6) is 0.491. The molecule has 0 fully saturated rings. The monoisotopic (exact) mass is 313 g/mol. The summed E-state index contributed by atoms with van der Waals surface area (Å²) in [6.07, 6.45) is 0. The molecule has 0 aliphatic rings. The maximum atomic E-state index is 6.11. The predicted octanol–water partition coefficient (Wildman–Crippen LogP) is 6.35. The molecule has 5 aromatic rings. The predicted molar refractivity (Wildman–Crippen MR) is 102 cm³/mol. The van der Waals surface area contributed by atoms with Crippen molar-refractivity contribution in [3.05, 3.63) is 60.2 Å². The summed E-state index contributed by atoms with van der Waals surface area (Å²) in [5, 5.41) is 5.01. The topological polar surface area (TPSA) is 18.1 Å². The zero-order valence-electron chi connectivity index (χ0n) is 14.1. The normalized spacial score (nSPS) is 12.3. The lowest BCUT2D eigenvalue weighted by molar-refractivity contribution is 0.669. The largest absolute Gasteiger partial charge is 0.456 e. The summed E-state index contributed by atoms with van der Waals surface area (Å²) in [7, 11) is 2.16. The van der Waals surface area contributed by atoms with Gasteiger partial charge in [0, 0.05) is 39.6 Å². The first-order valence-corrected chi connectivity index (χ1v) is 8.47. The summed E-state index contributed by atoms with van der Waals surface area (Å²) >= 11 is 0. The average molecular weight is 313 g/mol. The molecule has 2 heteroatoms. The number of fused-ring (bicyclic) bond motifs is 6. The number of nitrogens with zero attached hydrogens (tertiary/aromatic N) is 1. The highest BCUT2D eigenvalue weighted by molar-refractivity contribution is 6.17. The Kier molecular flexibility index (Phi) is 2.64. The van der Waals surface area contributed by atoms with Gasteiger partial charge in [0.1, 0.15) is 11.2 Å². The minimum absolute atomic E-state index is 0.491. The van der Waals surface area contributed by atoms with Crippen molar-refractivity contribution >= 4 is 43.7 Å². The average Bonchev–Trinajstić information content (AvgIpc) is 3.09. The Morgan fingerprint density at radius 1 is 0.792 bits per heavy atom. The summed E-state index contributed by atoms with van der Waals surface area (Å²) in [6.45, 7) is 4.51. The van der Waals surface area contributed by atoms with E-state index < -0.39 is 0 Å². The van der Waals surface area contributed by atoms with Crippen LogP contribution in [0.5, 0.6) is 0 Å². The Labute approximate surface area is 140 Å². The van der Waals surface area contributed by atoms with Crippen LogP contribution >= 0.6 is 0 Å². The highest BCUT2D eigenvalue weighted by Gasteiger charge is 2.16. The van der Waals surface area contributed by atoms with Crippen molar-refractivity contribution in [2.24, 2.45) is 7.05 Å². The molecule has 0 saturated carbocycles. The molecular formula is C22H19NO. The third kappa shape index (κ3) is 1.66. The standard InChI is InChI=1S/C22H19NO/c1-13(2)14-8-6-9-18-22(14)17-12-21-16(11-19(17)23(18)3)15-7-4-5-10-20(15)24-21/h4-13H,1-3H3. The van der Waals surface area contributed by atoms with E-state index in [1.54, 1.807) is 0 Å². The van der Waals surface area contributed by atoms with Crippen molar-refractivity contribution in [2.75, 3.05) is 0 Å². The molecular weight excluding hydrogens is 294 g/mol. The van der Waals surface area contributed by atoms with E-state index in [0.717, 1.165) is 11.2 Å². The van der Waals surface area contributed by atoms with Crippen LogP contribution in [0.3, 0.4) is 0 Å². The maximum Gasteiger partial charge on any atom is 0.136 e. The highest BCUT2D eigenvalue weighted by atomic mass is 16.3. The molecule has 0 aliphatic heterocycles. The van der Waals surface area contributed by atoms with E-state index in [1.807, 2.05) is 12.1 Å². The number of benzene rings is 3. The fourth-order valence-corrected chi connectivity index (χ4v) is 3.98. The van der Waals surface area contributed by atoms with Crippen LogP contribution in [0.1, 0.15) is 25.3 Å². The zero-order chi connectivity index (χ0) is 16.4. The Balaban J connectivity index is 2.03. The first-order valence-electron chi connectivity index (χ1n) is 8.47. The van der Waals surface area contributed by atoms with Crippen LogP contribution in [-0.4, -0.2) is 4.57 Å². The quantitative estimate of drug-likeness (QED) is 0.352. The second-order valence-corrected chi connectivity index (χ2v) is 6.92. The fraction of sp³-hybridized carbons (Fsp3) is 0.182. The van der Waals surface area contributed by atoms with Gasteiger partial charge >= 0.3 is 0 Å². The van der Waals surface area contributed by atoms with E-state index in [1.165, 1.54) is 38.1 Å².